The summed E-state index contributed by atoms with van der Waals surface area (Å²) in [5.74, 6) is -0.537. The van der Waals surface area contributed by atoms with Crippen molar-refractivity contribution in [3.63, 3.8) is 0 Å². The van der Waals surface area contributed by atoms with Crippen LogP contribution in [0.2, 0.25) is 10.0 Å². The largest absolute Gasteiger partial charge is 0.409 e. The molecule has 21 heavy (non-hydrogen) atoms. The molecule has 1 amide bonds. The minimum absolute atomic E-state index is 0.0934. The smallest absolute Gasteiger partial charge is 0.257 e. The van der Waals surface area contributed by atoms with Crippen LogP contribution in [-0.4, -0.2) is 21.9 Å². The van der Waals surface area contributed by atoms with E-state index < -0.39 is 5.91 Å². The summed E-state index contributed by atoms with van der Waals surface area (Å²) in [7, 11) is 0. The van der Waals surface area contributed by atoms with Gasteiger partial charge in [0.25, 0.3) is 5.91 Å². The third-order valence-electron chi connectivity index (χ3n) is 2.64. The van der Waals surface area contributed by atoms with Crippen LogP contribution in [0, 0.1) is 0 Å². The summed E-state index contributed by atoms with van der Waals surface area (Å²) in [5, 5.41) is 14.7. The molecule has 1 aromatic carbocycles. The van der Waals surface area contributed by atoms with Crippen LogP contribution in [0.25, 0.3) is 0 Å². The topological polar surface area (TPSA) is 101 Å². The van der Waals surface area contributed by atoms with Crippen molar-refractivity contribution in [2.75, 3.05) is 5.32 Å². The average Bonchev–Trinajstić information content (AvgIpc) is 2.49. The Kier molecular flexibility index (Phi) is 4.62. The molecule has 8 heteroatoms. The van der Waals surface area contributed by atoms with E-state index in [9.17, 15) is 4.79 Å². The van der Waals surface area contributed by atoms with Gasteiger partial charge in [-0.2, -0.15) is 0 Å². The van der Waals surface area contributed by atoms with Crippen LogP contribution >= 0.6 is 23.2 Å². The zero-order chi connectivity index (χ0) is 15.4. The highest BCUT2D eigenvalue weighted by Gasteiger charge is 2.13. The number of aromatic nitrogens is 1. The summed E-state index contributed by atoms with van der Waals surface area (Å²) in [5.41, 5.74) is 6.49. The van der Waals surface area contributed by atoms with E-state index in [-0.39, 0.29) is 16.4 Å². The molecule has 0 fully saturated rings. The number of benzene rings is 1. The van der Waals surface area contributed by atoms with E-state index in [4.69, 9.17) is 34.1 Å². The highest BCUT2D eigenvalue weighted by Crippen LogP contribution is 2.24. The number of amidine groups is 1. The summed E-state index contributed by atoms with van der Waals surface area (Å²) in [6.45, 7) is 0. The lowest BCUT2D eigenvalue weighted by molar-refractivity contribution is 0.102. The summed E-state index contributed by atoms with van der Waals surface area (Å²) >= 11 is 11.9. The third-order valence-corrected chi connectivity index (χ3v) is 3.27. The molecule has 2 rings (SSSR count). The van der Waals surface area contributed by atoms with Crippen LogP contribution in [-0.2, 0) is 0 Å². The molecule has 0 spiro atoms. The molecule has 2 aromatic rings. The van der Waals surface area contributed by atoms with Gasteiger partial charge in [-0.05, 0) is 24.3 Å². The molecule has 0 unspecified atom stereocenters. The lowest BCUT2D eigenvalue weighted by Gasteiger charge is -2.09. The van der Waals surface area contributed by atoms with E-state index in [1.165, 1.54) is 30.6 Å². The quantitative estimate of drug-likeness (QED) is 0.349. The summed E-state index contributed by atoms with van der Waals surface area (Å²) in [6.07, 6.45) is 2.82. The fourth-order valence-electron chi connectivity index (χ4n) is 1.59. The predicted octanol–water partition coefficient (Wildman–Crippen LogP) is 2.74. The van der Waals surface area contributed by atoms with Crippen LogP contribution in [0.1, 0.15) is 15.9 Å². The average molecular weight is 325 g/mol. The van der Waals surface area contributed by atoms with Crippen molar-refractivity contribution >= 4 is 40.6 Å². The number of nitrogens with two attached hydrogens (primary N) is 1. The fourth-order valence-corrected chi connectivity index (χ4v) is 1.96. The molecule has 0 aliphatic carbocycles. The van der Waals surface area contributed by atoms with Gasteiger partial charge in [-0.25, -0.2) is 0 Å². The van der Waals surface area contributed by atoms with Crippen molar-refractivity contribution in [2.45, 2.75) is 0 Å². The number of oxime groups is 1. The number of nitrogens with zero attached hydrogens (tertiary/aromatic N) is 2. The summed E-state index contributed by atoms with van der Waals surface area (Å²) in [4.78, 5) is 15.9. The van der Waals surface area contributed by atoms with Crippen LogP contribution in [0.15, 0.2) is 41.8 Å². The molecule has 0 atom stereocenters. The van der Waals surface area contributed by atoms with Gasteiger partial charge in [0.05, 0.1) is 21.3 Å². The second-order valence-corrected chi connectivity index (χ2v) is 4.80. The van der Waals surface area contributed by atoms with Gasteiger partial charge in [-0.3, -0.25) is 9.78 Å². The first-order valence-corrected chi connectivity index (χ1v) is 6.47. The van der Waals surface area contributed by atoms with E-state index >= 15 is 0 Å². The van der Waals surface area contributed by atoms with Gasteiger partial charge in [-0.1, -0.05) is 28.4 Å². The van der Waals surface area contributed by atoms with E-state index in [1.807, 2.05) is 0 Å². The fraction of sp³-hybridized carbons (Fsp3) is 0. The molecule has 4 N–H and O–H groups in total. The second kappa shape index (κ2) is 6.43. The Labute approximate surface area is 130 Å². The number of nitrogens with one attached hydrogen (secondary N) is 1. The highest BCUT2D eigenvalue weighted by molar-refractivity contribution is 6.36. The minimum atomic E-state index is -0.444. The normalized spacial score (nSPS) is 11.2. The number of hydrogen-bond donors (Lipinski definition) is 3. The Hall–Kier alpha value is -2.31. The summed E-state index contributed by atoms with van der Waals surface area (Å²) < 4.78 is 0. The number of rotatable bonds is 3. The first-order chi connectivity index (χ1) is 10.0. The van der Waals surface area contributed by atoms with Crippen molar-refractivity contribution in [2.24, 2.45) is 10.9 Å². The molecular weight excluding hydrogens is 315 g/mol. The molecule has 0 saturated carbocycles. The van der Waals surface area contributed by atoms with Crippen molar-refractivity contribution in [3.05, 3.63) is 57.8 Å². The monoisotopic (exact) mass is 324 g/mol. The Morgan fingerprint density at radius 1 is 1.29 bits per heavy atom. The van der Waals surface area contributed by atoms with Gasteiger partial charge >= 0.3 is 0 Å². The van der Waals surface area contributed by atoms with Crippen molar-refractivity contribution in [1.29, 1.82) is 0 Å². The molecule has 1 heterocycles. The van der Waals surface area contributed by atoms with Gasteiger partial charge in [0.1, 0.15) is 0 Å². The molecule has 0 saturated heterocycles. The lowest BCUT2D eigenvalue weighted by atomic mass is 10.1. The molecular formula is C13H10Cl2N4O2. The molecule has 0 aliphatic rings. The second-order valence-electron chi connectivity index (χ2n) is 3.99. The van der Waals surface area contributed by atoms with Crippen molar-refractivity contribution in [1.82, 2.24) is 4.98 Å². The van der Waals surface area contributed by atoms with E-state index in [0.29, 0.717) is 16.3 Å². The molecule has 6 nitrogen and oxygen atoms in total. The number of anilines is 1. The Morgan fingerprint density at radius 3 is 2.71 bits per heavy atom. The first-order valence-electron chi connectivity index (χ1n) is 5.71. The highest BCUT2D eigenvalue weighted by atomic mass is 35.5. The SMILES string of the molecule is N/C(=N/O)c1ccc(Cl)c(NC(=O)c2ccncc2Cl)c1. The molecule has 0 bridgehead atoms. The van der Waals surface area contributed by atoms with E-state index in [0.717, 1.165) is 0 Å². The zero-order valence-electron chi connectivity index (χ0n) is 10.5. The Bertz CT molecular complexity index is 719. The molecule has 0 radical (unpaired) electrons. The standard InChI is InChI=1S/C13H10Cl2N4O2/c14-9-2-1-7(12(16)19-21)5-11(9)18-13(20)8-3-4-17-6-10(8)15/h1-6,21H,(H2,16,19)(H,18,20). The van der Waals surface area contributed by atoms with Gasteiger partial charge < -0.3 is 16.3 Å². The Morgan fingerprint density at radius 2 is 2.05 bits per heavy atom. The number of hydrogen-bond acceptors (Lipinski definition) is 4. The van der Waals surface area contributed by atoms with Gasteiger partial charge in [0.15, 0.2) is 5.84 Å². The number of halogens is 2. The van der Waals surface area contributed by atoms with E-state index in [2.05, 4.69) is 15.5 Å². The van der Waals surface area contributed by atoms with Crippen molar-refractivity contribution in [3.8, 4) is 0 Å². The number of amides is 1. The first kappa shape index (κ1) is 15.1. The zero-order valence-corrected chi connectivity index (χ0v) is 12.1. The number of carbonyl (C=O) groups excluding carboxylic acids is 1. The molecule has 1 aromatic heterocycles. The van der Waals surface area contributed by atoms with Crippen LogP contribution in [0.4, 0.5) is 5.69 Å². The van der Waals surface area contributed by atoms with Crippen LogP contribution < -0.4 is 11.1 Å². The maximum atomic E-state index is 12.1. The molecule has 108 valence electrons. The number of pyridine rings is 1. The van der Waals surface area contributed by atoms with Gasteiger partial charge in [0, 0.05) is 18.0 Å². The minimum Gasteiger partial charge on any atom is -0.409 e. The van der Waals surface area contributed by atoms with Crippen LogP contribution in [0.3, 0.4) is 0 Å². The van der Waals surface area contributed by atoms with E-state index in [1.54, 1.807) is 6.07 Å². The van der Waals surface area contributed by atoms with Crippen molar-refractivity contribution < 1.29 is 10.0 Å². The lowest BCUT2D eigenvalue weighted by Crippen LogP contribution is -2.16. The maximum Gasteiger partial charge on any atom is 0.257 e. The predicted molar refractivity (Wildman–Crippen MR) is 81.2 cm³/mol. The maximum absolute atomic E-state index is 12.1. The Balaban J connectivity index is 2.31. The van der Waals surface area contributed by atoms with Crippen LogP contribution in [0.5, 0.6) is 0 Å². The summed E-state index contributed by atoms with van der Waals surface area (Å²) in [6, 6.07) is 6.06. The number of carbonyl (C=O) groups is 1. The van der Waals surface area contributed by atoms with Gasteiger partial charge in [0.2, 0.25) is 0 Å². The third kappa shape index (κ3) is 3.42. The van der Waals surface area contributed by atoms with Gasteiger partial charge in [-0.15, -0.1) is 0 Å². The molecule has 0 aliphatic heterocycles.